The molecule has 3 aliphatic heterocycles. The van der Waals surface area contributed by atoms with Crippen molar-refractivity contribution in [3.63, 3.8) is 0 Å². The molecule has 0 amide bonds. The van der Waals surface area contributed by atoms with Gasteiger partial charge in [-0.2, -0.15) is 0 Å². The largest absolute Gasteiger partial charge is 0.341 e. The SMILES string of the molecule is CN1CCC[C@H]1COP1OC(c2ccccc2)(c2ccccc2)[C@@H]2OC(C)(C)O[C@H]2C(c2ccccc2)(c2ccccc2)O1. The molecule has 44 heavy (non-hydrogen) atoms. The molecule has 6 nitrogen and oxygen atoms in total. The van der Waals surface area contributed by atoms with Crippen LogP contribution in [0.25, 0.3) is 0 Å². The quantitative estimate of drug-likeness (QED) is 0.200. The zero-order valence-corrected chi connectivity index (χ0v) is 26.4. The summed E-state index contributed by atoms with van der Waals surface area (Å²) in [5, 5.41) is 0. The van der Waals surface area contributed by atoms with Gasteiger partial charge in [-0.05, 0) is 62.5 Å². The fraction of sp³-hybridized carbons (Fsp3) is 0.351. The maximum atomic E-state index is 7.37. The van der Waals surface area contributed by atoms with Gasteiger partial charge in [-0.25, -0.2) is 0 Å². The third kappa shape index (κ3) is 5.23. The van der Waals surface area contributed by atoms with Crippen molar-refractivity contribution in [1.82, 2.24) is 4.90 Å². The molecule has 4 aromatic rings. The fourth-order valence-corrected chi connectivity index (χ4v) is 8.58. The topological polar surface area (TPSA) is 49.4 Å². The number of nitrogens with zero attached hydrogens (tertiary/aromatic N) is 1. The molecule has 7 rings (SSSR count). The minimum atomic E-state index is -1.95. The van der Waals surface area contributed by atoms with E-state index in [1.165, 1.54) is 0 Å². The molecule has 0 spiro atoms. The Kier molecular flexibility index (Phi) is 8.19. The Morgan fingerprint density at radius 1 is 0.659 bits per heavy atom. The van der Waals surface area contributed by atoms with E-state index in [2.05, 4.69) is 60.5 Å². The first-order valence-corrected chi connectivity index (χ1v) is 16.6. The summed E-state index contributed by atoms with van der Waals surface area (Å²) in [6.07, 6.45) is 1.03. The van der Waals surface area contributed by atoms with Crippen molar-refractivity contribution in [3.05, 3.63) is 144 Å². The van der Waals surface area contributed by atoms with Crippen LogP contribution in [0, 0.1) is 0 Å². The van der Waals surface area contributed by atoms with Gasteiger partial charge in [0, 0.05) is 6.04 Å². The van der Waals surface area contributed by atoms with Gasteiger partial charge in [0.05, 0.1) is 6.61 Å². The number of rotatable bonds is 7. The summed E-state index contributed by atoms with van der Waals surface area (Å²) >= 11 is 0. The third-order valence-electron chi connectivity index (χ3n) is 9.19. The van der Waals surface area contributed by atoms with Crippen LogP contribution in [0.5, 0.6) is 0 Å². The van der Waals surface area contributed by atoms with Gasteiger partial charge in [0.15, 0.2) is 17.0 Å². The van der Waals surface area contributed by atoms with Crippen molar-refractivity contribution in [3.8, 4) is 0 Å². The van der Waals surface area contributed by atoms with Crippen LogP contribution in [0.1, 0.15) is 48.9 Å². The molecule has 3 saturated heterocycles. The minimum Gasteiger partial charge on any atom is -0.341 e. The maximum absolute atomic E-state index is 7.37. The summed E-state index contributed by atoms with van der Waals surface area (Å²) in [7, 11) is 0.214. The van der Waals surface area contributed by atoms with Crippen LogP contribution in [-0.2, 0) is 34.2 Å². The summed E-state index contributed by atoms with van der Waals surface area (Å²) in [5.74, 6) is -0.917. The van der Waals surface area contributed by atoms with E-state index in [1.807, 2.05) is 86.6 Å². The molecule has 0 unspecified atom stereocenters. The van der Waals surface area contributed by atoms with E-state index in [9.17, 15) is 0 Å². The molecule has 7 heteroatoms. The van der Waals surface area contributed by atoms with Crippen LogP contribution >= 0.6 is 8.60 Å². The summed E-state index contributed by atoms with van der Waals surface area (Å²) < 4.78 is 35.6. The van der Waals surface area contributed by atoms with Crippen molar-refractivity contribution >= 4 is 8.60 Å². The minimum absolute atomic E-state index is 0.296. The monoisotopic (exact) mass is 609 g/mol. The van der Waals surface area contributed by atoms with E-state index >= 15 is 0 Å². The smallest absolute Gasteiger partial charge is 0.335 e. The average Bonchev–Trinajstić information content (AvgIpc) is 3.60. The van der Waals surface area contributed by atoms with Gasteiger partial charge >= 0.3 is 8.60 Å². The Morgan fingerprint density at radius 3 is 1.39 bits per heavy atom. The summed E-state index contributed by atoms with van der Waals surface area (Å²) in [6.45, 7) is 5.51. The molecule has 0 aliphatic carbocycles. The van der Waals surface area contributed by atoms with Gasteiger partial charge < -0.3 is 18.9 Å². The molecule has 0 saturated carbocycles. The molecular weight excluding hydrogens is 569 g/mol. The van der Waals surface area contributed by atoms with Crippen LogP contribution in [0.3, 0.4) is 0 Å². The Labute approximate surface area is 261 Å². The number of ether oxygens (including phenoxy) is 2. The summed E-state index contributed by atoms with van der Waals surface area (Å²) in [4.78, 5) is 2.36. The van der Waals surface area contributed by atoms with E-state index in [-0.39, 0.29) is 0 Å². The Balaban J connectivity index is 1.49. The molecule has 0 bridgehead atoms. The van der Waals surface area contributed by atoms with Crippen LogP contribution in [0.15, 0.2) is 121 Å². The fourth-order valence-electron chi connectivity index (χ4n) is 7.05. The molecule has 3 fully saturated rings. The van der Waals surface area contributed by atoms with Crippen molar-refractivity contribution in [2.75, 3.05) is 20.2 Å². The lowest BCUT2D eigenvalue weighted by Crippen LogP contribution is -2.53. The van der Waals surface area contributed by atoms with Crippen molar-refractivity contribution in [1.29, 1.82) is 0 Å². The maximum Gasteiger partial charge on any atom is 0.335 e. The molecule has 0 aromatic heterocycles. The zero-order chi connectivity index (χ0) is 30.2. The summed E-state index contributed by atoms with van der Waals surface area (Å²) in [5.41, 5.74) is 1.63. The number of fused-ring (bicyclic) bond motifs is 1. The van der Waals surface area contributed by atoms with Crippen LogP contribution in [-0.4, -0.2) is 49.1 Å². The highest BCUT2D eigenvalue weighted by molar-refractivity contribution is 7.41. The first-order valence-electron chi connectivity index (χ1n) is 15.5. The predicted molar refractivity (Wildman–Crippen MR) is 172 cm³/mol. The zero-order valence-electron chi connectivity index (χ0n) is 25.5. The second kappa shape index (κ2) is 12.1. The van der Waals surface area contributed by atoms with E-state index in [0.717, 1.165) is 41.6 Å². The molecule has 3 heterocycles. The lowest BCUT2D eigenvalue weighted by molar-refractivity contribution is -0.176. The second-order valence-corrected chi connectivity index (χ2v) is 13.5. The Bertz CT molecular complexity index is 1340. The predicted octanol–water partition coefficient (Wildman–Crippen LogP) is 7.78. The molecule has 0 N–H and O–H groups in total. The number of hydrogen-bond donors (Lipinski definition) is 0. The number of likely N-dealkylation sites (tertiary alicyclic amines) is 1. The number of likely N-dealkylation sites (N-methyl/N-ethyl adjacent to an activating group) is 1. The number of benzene rings is 4. The van der Waals surface area contributed by atoms with Crippen molar-refractivity contribution < 1.29 is 23.0 Å². The first kappa shape index (κ1) is 29.8. The van der Waals surface area contributed by atoms with Gasteiger partial charge in [-0.3, -0.25) is 9.05 Å². The standard InChI is InChI=1S/C37H40NO5P/c1-35(2)40-33-34(41-35)37(30-21-12-6-13-22-30,31-23-14-7-15-24-31)43-44(39-27-32-25-16-26-38(32)3)42-36(33,28-17-8-4-9-18-28)29-19-10-5-11-20-29/h4-15,17-24,32-34H,16,25-27H2,1-3H3/t32-,33+,34+/m0/s1. The normalized spacial score (nSPS) is 26.2. The highest BCUT2D eigenvalue weighted by atomic mass is 31.2. The highest BCUT2D eigenvalue weighted by Crippen LogP contribution is 2.65. The molecule has 4 aromatic carbocycles. The second-order valence-electron chi connectivity index (χ2n) is 12.4. The van der Waals surface area contributed by atoms with Crippen LogP contribution < -0.4 is 0 Å². The molecule has 228 valence electrons. The number of hydrogen-bond acceptors (Lipinski definition) is 6. The van der Waals surface area contributed by atoms with Crippen molar-refractivity contribution in [2.24, 2.45) is 0 Å². The molecule has 3 atom stereocenters. The molecule has 0 radical (unpaired) electrons. The molecular formula is C37H40NO5P. The van der Waals surface area contributed by atoms with E-state index in [1.54, 1.807) is 0 Å². The van der Waals surface area contributed by atoms with Crippen molar-refractivity contribution in [2.45, 2.75) is 61.9 Å². The highest BCUT2D eigenvalue weighted by Gasteiger charge is 2.67. The van der Waals surface area contributed by atoms with Crippen LogP contribution in [0.4, 0.5) is 0 Å². The van der Waals surface area contributed by atoms with Gasteiger partial charge in [-0.15, -0.1) is 0 Å². The summed E-state index contributed by atoms with van der Waals surface area (Å²) in [6, 6.07) is 41.6. The average molecular weight is 610 g/mol. The Hall–Kier alpha value is -2.93. The first-order chi connectivity index (χ1) is 21.4. The lowest BCUT2D eigenvalue weighted by Gasteiger charge is -2.41. The van der Waals surface area contributed by atoms with Crippen LogP contribution in [0.2, 0.25) is 0 Å². The lowest BCUT2D eigenvalue weighted by atomic mass is 9.72. The van der Waals surface area contributed by atoms with E-state index in [4.69, 9.17) is 23.0 Å². The third-order valence-corrected chi connectivity index (χ3v) is 10.4. The van der Waals surface area contributed by atoms with Gasteiger partial charge in [0.2, 0.25) is 0 Å². The van der Waals surface area contributed by atoms with Gasteiger partial charge in [0.25, 0.3) is 0 Å². The Morgan fingerprint density at radius 2 is 1.05 bits per heavy atom. The van der Waals surface area contributed by atoms with Gasteiger partial charge in [0.1, 0.15) is 12.2 Å². The van der Waals surface area contributed by atoms with Gasteiger partial charge in [-0.1, -0.05) is 121 Å². The van der Waals surface area contributed by atoms with E-state index < -0.39 is 37.8 Å². The molecule has 3 aliphatic rings. The van der Waals surface area contributed by atoms with E-state index in [0.29, 0.717) is 12.6 Å².